The van der Waals surface area contributed by atoms with Gasteiger partial charge in [0.05, 0.1) is 18.2 Å². The van der Waals surface area contributed by atoms with E-state index in [1.165, 1.54) is 6.20 Å². The predicted octanol–water partition coefficient (Wildman–Crippen LogP) is -0.150. The molecule has 0 spiro atoms. The lowest BCUT2D eigenvalue weighted by Crippen LogP contribution is -2.22. The van der Waals surface area contributed by atoms with Crippen molar-refractivity contribution in [1.29, 1.82) is 5.26 Å². The molecule has 0 radical (unpaired) electrons. The average molecular weight is 176 g/mol. The summed E-state index contributed by atoms with van der Waals surface area (Å²) in [5.74, 6) is 0.00186. The smallest absolute Gasteiger partial charge is 0.236 e. The molecule has 0 saturated heterocycles. The van der Waals surface area contributed by atoms with Crippen molar-refractivity contribution in [1.82, 2.24) is 4.98 Å². The second-order valence-corrected chi connectivity index (χ2v) is 2.36. The normalized spacial score (nSPS) is 8.85. The Labute approximate surface area is 75.2 Å². The van der Waals surface area contributed by atoms with Crippen molar-refractivity contribution in [2.24, 2.45) is 5.73 Å². The van der Waals surface area contributed by atoms with E-state index in [9.17, 15) is 4.79 Å². The molecule has 1 aromatic rings. The van der Waals surface area contributed by atoms with Crippen LogP contribution in [0.25, 0.3) is 0 Å². The van der Waals surface area contributed by atoms with Crippen molar-refractivity contribution in [3.63, 3.8) is 0 Å². The minimum absolute atomic E-state index is 0.0158. The van der Waals surface area contributed by atoms with Crippen LogP contribution in [0.4, 0.5) is 5.82 Å². The van der Waals surface area contributed by atoms with Crippen LogP contribution < -0.4 is 11.1 Å². The van der Waals surface area contributed by atoms with E-state index >= 15 is 0 Å². The summed E-state index contributed by atoms with van der Waals surface area (Å²) in [5.41, 5.74) is 5.40. The largest absolute Gasteiger partial charge is 0.368 e. The molecule has 13 heavy (non-hydrogen) atoms. The van der Waals surface area contributed by atoms with E-state index in [0.29, 0.717) is 11.4 Å². The summed E-state index contributed by atoms with van der Waals surface area (Å²) >= 11 is 0. The summed E-state index contributed by atoms with van der Waals surface area (Å²) in [4.78, 5) is 14.3. The first-order chi connectivity index (χ1) is 6.22. The maximum Gasteiger partial charge on any atom is 0.236 e. The van der Waals surface area contributed by atoms with E-state index in [0.717, 1.165) is 0 Å². The van der Waals surface area contributed by atoms with E-state index in [-0.39, 0.29) is 6.54 Å². The number of primary amides is 1. The fraction of sp³-hybridized carbons (Fsp3) is 0.125. The van der Waals surface area contributed by atoms with E-state index in [1.54, 1.807) is 12.1 Å². The third-order valence-electron chi connectivity index (χ3n) is 1.33. The zero-order chi connectivity index (χ0) is 9.68. The van der Waals surface area contributed by atoms with Crippen LogP contribution in [0.5, 0.6) is 0 Å². The molecule has 0 fully saturated rings. The van der Waals surface area contributed by atoms with Gasteiger partial charge in [0.25, 0.3) is 0 Å². The molecular formula is C8H8N4O. The Kier molecular flexibility index (Phi) is 2.82. The van der Waals surface area contributed by atoms with Crippen molar-refractivity contribution in [2.75, 3.05) is 11.9 Å². The summed E-state index contributed by atoms with van der Waals surface area (Å²) in [6.07, 6.45) is 1.49. The molecule has 1 rings (SSSR count). The number of nitrogens with one attached hydrogen (secondary N) is 1. The molecule has 1 heterocycles. The zero-order valence-corrected chi connectivity index (χ0v) is 6.82. The molecule has 1 amide bonds. The summed E-state index contributed by atoms with van der Waals surface area (Å²) in [6, 6.07) is 5.08. The number of hydrogen-bond donors (Lipinski definition) is 2. The van der Waals surface area contributed by atoms with Gasteiger partial charge in [-0.05, 0) is 12.1 Å². The molecule has 66 valence electrons. The molecule has 0 aromatic carbocycles. The quantitative estimate of drug-likeness (QED) is 0.669. The number of carbonyl (C=O) groups excluding carboxylic acids is 1. The number of rotatable bonds is 3. The molecule has 0 aliphatic heterocycles. The fourth-order valence-electron chi connectivity index (χ4n) is 0.774. The second-order valence-electron chi connectivity index (χ2n) is 2.36. The van der Waals surface area contributed by atoms with Crippen molar-refractivity contribution < 1.29 is 4.79 Å². The highest BCUT2D eigenvalue weighted by Crippen LogP contribution is 2.04. The van der Waals surface area contributed by atoms with Gasteiger partial charge >= 0.3 is 0 Å². The number of nitrogens with zero attached hydrogens (tertiary/aromatic N) is 2. The lowest BCUT2D eigenvalue weighted by atomic mass is 10.3. The van der Waals surface area contributed by atoms with Gasteiger partial charge in [0.15, 0.2) is 0 Å². The van der Waals surface area contributed by atoms with E-state index in [2.05, 4.69) is 10.3 Å². The van der Waals surface area contributed by atoms with Crippen LogP contribution in [0.1, 0.15) is 5.56 Å². The lowest BCUT2D eigenvalue weighted by Gasteiger charge is -2.01. The number of hydrogen-bond acceptors (Lipinski definition) is 4. The van der Waals surface area contributed by atoms with Gasteiger partial charge < -0.3 is 11.1 Å². The zero-order valence-electron chi connectivity index (χ0n) is 6.82. The SMILES string of the molecule is N#Cc1ccnc(NCC(N)=O)c1. The lowest BCUT2D eigenvalue weighted by molar-refractivity contribution is -0.116. The van der Waals surface area contributed by atoms with Gasteiger partial charge in [-0.3, -0.25) is 4.79 Å². The molecule has 0 saturated carbocycles. The predicted molar refractivity (Wildman–Crippen MR) is 46.6 cm³/mol. The molecule has 5 nitrogen and oxygen atoms in total. The Hall–Kier alpha value is -2.09. The molecular weight excluding hydrogens is 168 g/mol. The monoisotopic (exact) mass is 176 g/mol. The van der Waals surface area contributed by atoms with Crippen molar-refractivity contribution in [2.45, 2.75) is 0 Å². The molecule has 0 aliphatic carbocycles. The number of nitriles is 1. The first-order valence-electron chi connectivity index (χ1n) is 3.60. The highest BCUT2D eigenvalue weighted by atomic mass is 16.1. The topological polar surface area (TPSA) is 91.8 Å². The maximum atomic E-state index is 10.4. The van der Waals surface area contributed by atoms with Crippen LogP contribution in [0.3, 0.4) is 0 Å². The average Bonchev–Trinajstić information content (AvgIpc) is 2.15. The Morgan fingerprint density at radius 2 is 2.54 bits per heavy atom. The maximum absolute atomic E-state index is 10.4. The van der Waals surface area contributed by atoms with Crippen molar-refractivity contribution in [3.8, 4) is 6.07 Å². The molecule has 0 aliphatic rings. The summed E-state index contributed by atoms with van der Waals surface area (Å²) in [6.45, 7) is 0.0158. The summed E-state index contributed by atoms with van der Waals surface area (Å²) < 4.78 is 0. The van der Waals surface area contributed by atoms with Crippen LogP contribution in [0.15, 0.2) is 18.3 Å². The van der Waals surface area contributed by atoms with Crippen molar-refractivity contribution in [3.05, 3.63) is 23.9 Å². The Balaban J connectivity index is 2.68. The molecule has 1 aromatic heterocycles. The van der Waals surface area contributed by atoms with E-state index in [4.69, 9.17) is 11.0 Å². The third-order valence-corrected chi connectivity index (χ3v) is 1.33. The number of amides is 1. The first kappa shape index (κ1) is 9.00. The first-order valence-corrected chi connectivity index (χ1v) is 3.60. The Morgan fingerprint density at radius 3 is 3.15 bits per heavy atom. The number of nitrogens with two attached hydrogens (primary N) is 1. The van der Waals surface area contributed by atoms with E-state index in [1.807, 2.05) is 6.07 Å². The van der Waals surface area contributed by atoms with Crippen LogP contribution in [0.2, 0.25) is 0 Å². The highest BCUT2D eigenvalue weighted by molar-refractivity contribution is 5.78. The minimum atomic E-state index is -0.468. The number of anilines is 1. The molecule has 0 atom stereocenters. The number of carbonyl (C=O) groups is 1. The Bertz CT molecular complexity index is 355. The number of aromatic nitrogens is 1. The third kappa shape index (κ3) is 2.79. The van der Waals surface area contributed by atoms with Gasteiger partial charge in [0, 0.05) is 6.20 Å². The van der Waals surface area contributed by atoms with Crippen molar-refractivity contribution >= 4 is 11.7 Å². The van der Waals surface area contributed by atoms with E-state index < -0.39 is 5.91 Å². The van der Waals surface area contributed by atoms with Crippen LogP contribution in [0, 0.1) is 11.3 Å². The molecule has 0 unspecified atom stereocenters. The Morgan fingerprint density at radius 1 is 1.77 bits per heavy atom. The summed E-state index contributed by atoms with van der Waals surface area (Å²) in [5, 5.41) is 11.2. The van der Waals surface area contributed by atoms with Gasteiger partial charge in [0.2, 0.25) is 5.91 Å². The van der Waals surface area contributed by atoms with Crippen LogP contribution in [-0.4, -0.2) is 17.4 Å². The van der Waals surface area contributed by atoms with Crippen LogP contribution >= 0.6 is 0 Å². The van der Waals surface area contributed by atoms with Gasteiger partial charge in [-0.25, -0.2) is 4.98 Å². The second kappa shape index (κ2) is 4.07. The standard InChI is InChI=1S/C8H8N4O/c9-4-6-1-2-11-8(3-6)12-5-7(10)13/h1-3H,5H2,(H2,10,13)(H,11,12). The van der Waals surface area contributed by atoms with Gasteiger partial charge in [0.1, 0.15) is 5.82 Å². The van der Waals surface area contributed by atoms with Gasteiger partial charge in [-0.15, -0.1) is 0 Å². The highest BCUT2D eigenvalue weighted by Gasteiger charge is 1.97. The molecule has 3 N–H and O–H groups in total. The van der Waals surface area contributed by atoms with Gasteiger partial charge in [-0.2, -0.15) is 5.26 Å². The number of pyridine rings is 1. The fourth-order valence-corrected chi connectivity index (χ4v) is 0.774. The van der Waals surface area contributed by atoms with Crippen LogP contribution in [-0.2, 0) is 4.79 Å². The minimum Gasteiger partial charge on any atom is -0.368 e. The molecule has 0 bridgehead atoms. The summed E-state index contributed by atoms with van der Waals surface area (Å²) in [7, 11) is 0. The van der Waals surface area contributed by atoms with Gasteiger partial charge in [-0.1, -0.05) is 0 Å². The molecule has 5 heteroatoms.